The molecule has 2 fully saturated rings. The molecule has 48 heavy (non-hydrogen) atoms. The van der Waals surface area contributed by atoms with Crippen molar-refractivity contribution in [2.24, 2.45) is 22.7 Å². The van der Waals surface area contributed by atoms with Crippen LogP contribution in [0.5, 0.6) is 0 Å². The zero-order valence-corrected chi connectivity index (χ0v) is 30.3. The Bertz CT molecular complexity index is 1390. The first-order valence-corrected chi connectivity index (χ1v) is 16.6. The van der Waals surface area contributed by atoms with Gasteiger partial charge in [-0.25, -0.2) is 4.79 Å². The van der Waals surface area contributed by atoms with Crippen LogP contribution >= 0.6 is 0 Å². The normalized spacial score (nSPS) is 21.2. The van der Waals surface area contributed by atoms with Crippen molar-refractivity contribution in [2.75, 3.05) is 13.1 Å². The Morgan fingerprint density at radius 1 is 0.875 bits per heavy atom. The summed E-state index contributed by atoms with van der Waals surface area (Å²) in [6.45, 7) is 20.1. The number of amides is 4. The van der Waals surface area contributed by atoms with E-state index in [1.807, 2.05) is 40.7 Å². The molecule has 3 unspecified atom stereocenters. The summed E-state index contributed by atoms with van der Waals surface area (Å²) in [7, 11) is 0. The van der Waals surface area contributed by atoms with Crippen LogP contribution in [0, 0.1) is 22.7 Å². The third kappa shape index (κ3) is 10.0. The van der Waals surface area contributed by atoms with Gasteiger partial charge in [0.25, 0.3) is 5.91 Å². The number of piperidine rings is 1. The molecule has 1 aliphatic carbocycles. The molecular formula is C36H54N4O8. The molecule has 1 heterocycles. The van der Waals surface area contributed by atoms with Gasteiger partial charge in [-0.2, -0.15) is 0 Å². The van der Waals surface area contributed by atoms with Gasteiger partial charge < -0.3 is 30.3 Å². The fourth-order valence-electron chi connectivity index (χ4n) is 6.29. The van der Waals surface area contributed by atoms with E-state index in [1.54, 1.807) is 65.8 Å². The minimum Gasteiger partial charge on any atom is -0.460 e. The van der Waals surface area contributed by atoms with E-state index in [-0.39, 0.29) is 36.6 Å². The highest BCUT2D eigenvalue weighted by Crippen LogP contribution is 2.65. The van der Waals surface area contributed by atoms with E-state index < -0.39 is 70.3 Å². The van der Waals surface area contributed by atoms with Crippen LogP contribution in [0.1, 0.15) is 88.1 Å². The average molecular weight is 671 g/mol. The van der Waals surface area contributed by atoms with Crippen LogP contribution in [0.3, 0.4) is 0 Å². The lowest BCUT2D eigenvalue weighted by atomic mass is 9.85. The predicted molar refractivity (Wildman–Crippen MR) is 179 cm³/mol. The lowest BCUT2D eigenvalue weighted by molar-refractivity contribution is -0.154. The lowest BCUT2D eigenvalue weighted by Gasteiger charge is -2.38. The van der Waals surface area contributed by atoms with Gasteiger partial charge in [-0.15, -0.1) is 0 Å². The number of ketones is 1. The number of carbonyl (C=O) groups excluding carboxylic acids is 6. The fourth-order valence-corrected chi connectivity index (χ4v) is 6.29. The molecule has 2 aliphatic rings. The number of ether oxygens (including phenoxy) is 2. The van der Waals surface area contributed by atoms with E-state index in [9.17, 15) is 28.8 Å². The van der Waals surface area contributed by atoms with Crippen molar-refractivity contribution in [1.82, 2.24) is 20.9 Å². The third-order valence-electron chi connectivity index (χ3n) is 8.71. The molecule has 3 rings (SSSR count). The molecule has 0 spiro atoms. The quantitative estimate of drug-likeness (QED) is 0.238. The number of esters is 1. The fraction of sp³-hybridized carbons (Fsp3) is 0.667. The second-order valence-electron chi connectivity index (χ2n) is 16.5. The summed E-state index contributed by atoms with van der Waals surface area (Å²) in [5, 5.41) is 8.00. The Morgan fingerprint density at radius 2 is 1.46 bits per heavy atom. The molecule has 1 saturated carbocycles. The SMILES string of the molecule is CC(C)(C)OC(=O)CCNC(=O)C(=O)C(Cc1ccccc1)NC(=O)[C@@H]1C2C(CN1C(=O)[C@@H](NC(=O)OC(C)(C)C)C(C)(C)C)C2(C)C. The van der Waals surface area contributed by atoms with Gasteiger partial charge in [0.15, 0.2) is 0 Å². The molecule has 4 amide bonds. The van der Waals surface area contributed by atoms with Gasteiger partial charge in [-0.05, 0) is 69.8 Å². The van der Waals surface area contributed by atoms with Crippen molar-refractivity contribution in [1.29, 1.82) is 0 Å². The van der Waals surface area contributed by atoms with Crippen LogP contribution in [-0.2, 0) is 39.9 Å². The van der Waals surface area contributed by atoms with Crippen LogP contribution in [-0.4, -0.2) is 82.9 Å². The molecule has 0 radical (unpaired) electrons. The Balaban J connectivity index is 1.83. The number of nitrogens with zero attached hydrogens (tertiary/aromatic N) is 1. The molecule has 12 heteroatoms. The number of Topliss-reactive ketones (excluding diaryl/α,β-unsaturated/α-hetero) is 1. The topological polar surface area (TPSA) is 160 Å². The van der Waals surface area contributed by atoms with Gasteiger partial charge >= 0.3 is 12.1 Å². The van der Waals surface area contributed by atoms with E-state index in [0.717, 1.165) is 5.56 Å². The van der Waals surface area contributed by atoms with Gasteiger partial charge in [-0.1, -0.05) is 65.0 Å². The van der Waals surface area contributed by atoms with Gasteiger partial charge in [0.05, 0.1) is 6.42 Å². The number of rotatable bonds is 11. The van der Waals surface area contributed by atoms with Crippen LogP contribution in [0.25, 0.3) is 0 Å². The molecule has 266 valence electrons. The number of hydrogen-bond donors (Lipinski definition) is 3. The Kier molecular flexibility index (Phi) is 11.4. The third-order valence-corrected chi connectivity index (χ3v) is 8.71. The van der Waals surface area contributed by atoms with Crippen molar-refractivity contribution < 1.29 is 38.2 Å². The number of fused-ring (bicyclic) bond motifs is 1. The molecule has 1 aromatic carbocycles. The zero-order chi connectivity index (χ0) is 36.4. The minimum atomic E-state index is -1.24. The second-order valence-corrected chi connectivity index (χ2v) is 16.5. The first-order valence-electron chi connectivity index (χ1n) is 16.6. The number of alkyl carbamates (subject to hydrolysis) is 1. The molecule has 5 atom stereocenters. The Hall–Kier alpha value is -3.96. The van der Waals surface area contributed by atoms with E-state index >= 15 is 0 Å². The standard InChI is InChI=1S/C36H54N4O8/c1-33(2,3)28(39-32(46)48-35(7,8)9)31(45)40-20-22-25(36(22,10)11)26(40)29(43)38-23(19-21-15-13-12-14-16-21)27(42)30(44)37-18-17-24(41)47-34(4,5)6/h12-16,22-23,25-26,28H,17-20H2,1-11H3,(H,37,44)(H,38,43)(H,39,46)/t22?,23?,25?,26-,28+/m0/s1. The summed E-state index contributed by atoms with van der Waals surface area (Å²) < 4.78 is 10.7. The van der Waals surface area contributed by atoms with Crippen molar-refractivity contribution >= 4 is 35.6 Å². The summed E-state index contributed by atoms with van der Waals surface area (Å²) in [6, 6.07) is 5.80. The summed E-state index contributed by atoms with van der Waals surface area (Å²) in [4.78, 5) is 81.3. The number of benzene rings is 1. The second kappa shape index (κ2) is 14.3. The number of likely N-dealkylation sites (tertiary alicyclic amines) is 1. The van der Waals surface area contributed by atoms with Crippen LogP contribution in [0.4, 0.5) is 4.79 Å². The van der Waals surface area contributed by atoms with Crippen molar-refractivity contribution in [3.63, 3.8) is 0 Å². The first kappa shape index (κ1) is 38.5. The maximum atomic E-state index is 14.2. The smallest absolute Gasteiger partial charge is 0.408 e. The maximum Gasteiger partial charge on any atom is 0.408 e. The van der Waals surface area contributed by atoms with Gasteiger partial charge in [0.1, 0.15) is 29.3 Å². The summed E-state index contributed by atoms with van der Waals surface area (Å²) in [5.41, 5.74) is -1.70. The van der Waals surface area contributed by atoms with E-state index in [2.05, 4.69) is 16.0 Å². The van der Waals surface area contributed by atoms with Crippen LogP contribution in [0.2, 0.25) is 0 Å². The molecular weight excluding hydrogens is 616 g/mol. The molecule has 1 saturated heterocycles. The van der Waals surface area contributed by atoms with Crippen molar-refractivity contribution in [2.45, 2.75) is 118 Å². The molecule has 0 aromatic heterocycles. The maximum absolute atomic E-state index is 14.2. The lowest BCUT2D eigenvalue weighted by Crippen LogP contribution is -2.61. The Labute approximate surface area is 284 Å². The largest absolute Gasteiger partial charge is 0.460 e. The van der Waals surface area contributed by atoms with Crippen molar-refractivity contribution in [3.8, 4) is 0 Å². The van der Waals surface area contributed by atoms with Crippen molar-refractivity contribution in [3.05, 3.63) is 35.9 Å². The predicted octanol–water partition coefficient (Wildman–Crippen LogP) is 3.55. The highest BCUT2D eigenvalue weighted by atomic mass is 16.6. The van der Waals surface area contributed by atoms with E-state index in [1.165, 1.54) is 4.90 Å². The highest BCUT2D eigenvalue weighted by molar-refractivity contribution is 6.38. The van der Waals surface area contributed by atoms with E-state index in [0.29, 0.717) is 6.54 Å². The molecule has 1 aromatic rings. The van der Waals surface area contributed by atoms with Crippen LogP contribution in [0.15, 0.2) is 30.3 Å². The molecule has 0 bridgehead atoms. The minimum absolute atomic E-state index is 0.0356. The molecule has 12 nitrogen and oxygen atoms in total. The molecule has 3 N–H and O–H groups in total. The van der Waals surface area contributed by atoms with E-state index in [4.69, 9.17) is 9.47 Å². The Morgan fingerprint density at radius 3 is 2.00 bits per heavy atom. The molecule has 1 aliphatic heterocycles. The number of hydrogen-bond acceptors (Lipinski definition) is 8. The van der Waals surface area contributed by atoms with Gasteiger partial charge in [0, 0.05) is 19.5 Å². The summed E-state index contributed by atoms with van der Waals surface area (Å²) >= 11 is 0. The first-order chi connectivity index (χ1) is 21.9. The zero-order valence-electron chi connectivity index (χ0n) is 30.3. The van der Waals surface area contributed by atoms with Crippen LogP contribution < -0.4 is 16.0 Å². The van der Waals surface area contributed by atoms with Gasteiger partial charge in [0.2, 0.25) is 17.6 Å². The summed E-state index contributed by atoms with van der Waals surface area (Å²) in [5.74, 6) is -3.47. The number of nitrogens with one attached hydrogen (secondary N) is 3. The number of carbonyl (C=O) groups is 6. The average Bonchev–Trinajstić information content (AvgIpc) is 3.24. The monoisotopic (exact) mass is 670 g/mol. The highest BCUT2D eigenvalue weighted by Gasteiger charge is 2.70. The summed E-state index contributed by atoms with van der Waals surface area (Å²) in [6.07, 6.45) is -0.837. The van der Waals surface area contributed by atoms with Gasteiger partial charge in [-0.3, -0.25) is 24.0 Å².